The lowest BCUT2D eigenvalue weighted by Gasteiger charge is -2.32. The average Bonchev–Trinajstić information content (AvgIpc) is 2.81. The molecule has 0 heterocycles. The first-order valence-corrected chi connectivity index (χ1v) is 7.76. The van der Waals surface area contributed by atoms with Gasteiger partial charge in [0.05, 0.1) is 6.10 Å². The van der Waals surface area contributed by atoms with Crippen molar-refractivity contribution in [2.24, 2.45) is 5.92 Å². The third-order valence-electron chi connectivity index (χ3n) is 3.69. The molecule has 108 valence electrons. The summed E-state index contributed by atoms with van der Waals surface area (Å²) in [7, 11) is 0. The van der Waals surface area contributed by atoms with Gasteiger partial charge in [-0.25, -0.2) is 0 Å². The third-order valence-corrected chi connectivity index (χ3v) is 3.69. The number of aliphatic hydroxyl groups excluding tert-OH is 1. The van der Waals surface area contributed by atoms with Crippen LogP contribution in [0, 0.1) is 5.92 Å². The second-order valence-corrected chi connectivity index (χ2v) is 6.14. The largest absolute Gasteiger partial charge is 0.390 e. The van der Waals surface area contributed by atoms with Gasteiger partial charge >= 0.3 is 0 Å². The molecule has 0 bridgehead atoms. The Morgan fingerprint density at radius 2 is 1.89 bits per heavy atom. The highest BCUT2D eigenvalue weighted by Crippen LogP contribution is 2.24. The van der Waals surface area contributed by atoms with E-state index in [0.717, 1.165) is 32.6 Å². The van der Waals surface area contributed by atoms with E-state index in [1.54, 1.807) is 0 Å². The van der Waals surface area contributed by atoms with E-state index in [0.29, 0.717) is 12.0 Å². The van der Waals surface area contributed by atoms with E-state index < -0.39 is 0 Å². The number of hydrogen-bond donors (Lipinski definition) is 2. The van der Waals surface area contributed by atoms with Crippen molar-refractivity contribution in [2.45, 2.75) is 65.0 Å². The number of rotatable bonds is 9. The summed E-state index contributed by atoms with van der Waals surface area (Å²) >= 11 is 0. The topological polar surface area (TPSA) is 35.5 Å². The molecule has 3 nitrogen and oxygen atoms in total. The molecular weight excluding hydrogens is 224 g/mol. The first-order valence-electron chi connectivity index (χ1n) is 7.76. The maximum Gasteiger partial charge on any atom is 0.0791 e. The summed E-state index contributed by atoms with van der Waals surface area (Å²) < 4.78 is 0. The Morgan fingerprint density at radius 1 is 1.22 bits per heavy atom. The highest BCUT2D eigenvalue weighted by Gasteiger charge is 2.24. The molecule has 18 heavy (non-hydrogen) atoms. The van der Waals surface area contributed by atoms with Crippen LogP contribution in [0.1, 0.15) is 52.9 Å². The molecule has 1 aliphatic carbocycles. The summed E-state index contributed by atoms with van der Waals surface area (Å²) in [5, 5.41) is 13.4. The zero-order valence-electron chi connectivity index (χ0n) is 12.5. The van der Waals surface area contributed by atoms with Crippen LogP contribution in [0.2, 0.25) is 0 Å². The molecule has 0 spiro atoms. The summed E-state index contributed by atoms with van der Waals surface area (Å²) in [6, 6.07) is 0.716. The van der Waals surface area contributed by atoms with Gasteiger partial charge < -0.3 is 10.4 Å². The fourth-order valence-electron chi connectivity index (χ4n) is 2.89. The van der Waals surface area contributed by atoms with Crippen LogP contribution in [-0.4, -0.2) is 48.3 Å². The summed E-state index contributed by atoms with van der Waals surface area (Å²) in [6.07, 6.45) is 6.28. The molecular formula is C15H32N2O. The molecule has 0 aromatic rings. The predicted octanol–water partition coefficient (Wildman–Crippen LogP) is 2.25. The summed E-state index contributed by atoms with van der Waals surface area (Å²) in [5.74, 6) is 0.682. The Bertz CT molecular complexity index is 203. The van der Waals surface area contributed by atoms with Crippen LogP contribution in [0.15, 0.2) is 0 Å². The zero-order valence-corrected chi connectivity index (χ0v) is 12.5. The van der Waals surface area contributed by atoms with Crippen molar-refractivity contribution in [3.05, 3.63) is 0 Å². The molecule has 1 saturated carbocycles. The fourth-order valence-corrected chi connectivity index (χ4v) is 2.89. The van der Waals surface area contributed by atoms with E-state index in [-0.39, 0.29) is 6.10 Å². The normalized spacial score (nSPS) is 19.0. The Morgan fingerprint density at radius 3 is 2.44 bits per heavy atom. The van der Waals surface area contributed by atoms with Crippen LogP contribution in [-0.2, 0) is 0 Å². The quantitative estimate of drug-likeness (QED) is 0.621. The molecule has 0 radical (unpaired) electrons. The van der Waals surface area contributed by atoms with Gasteiger partial charge in [-0.15, -0.1) is 0 Å². The van der Waals surface area contributed by atoms with Gasteiger partial charge in [0.15, 0.2) is 0 Å². The van der Waals surface area contributed by atoms with E-state index >= 15 is 0 Å². The standard InChI is InChI=1S/C15H32N2O/c1-4-9-16-10-15(18)12-17(11-13(2)3)14-7-5-6-8-14/h13-16,18H,4-12H2,1-3H3. The van der Waals surface area contributed by atoms with E-state index in [2.05, 4.69) is 31.0 Å². The number of nitrogens with one attached hydrogen (secondary N) is 1. The SMILES string of the molecule is CCCNCC(O)CN(CC(C)C)C1CCCC1. The monoisotopic (exact) mass is 256 g/mol. The molecule has 1 fully saturated rings. The minimum absolute atomic E-state index is 0.226. The Labute approximate surface area is 113 Å². The highest BCUT2D eigenvalue weighted by atomic mass is 16.3. The lowest BCUT2D eigenvalue weighted by molar-refractivity contribution is 0.0794. The van der Waals surface area contributed by atoms with Gasteiger partial charge in [0.25, 0.3) is 0 Å². The van der Waals surface area contributed by atoms with Crippen molar-refractivity contribution in [1.29, 1.82) is 0 Å². The van der Waals surface area contributed by atoms with E-state index in [1.165, 1.54) is 25.7 Å². The van der Waals surface area contributed by atoms with Crippen molar-refractivity contribution < 1.29 is 5.11 Å². The third kappa shape index (κ3) is 6.17. The molecule has 3 heteroatoms. The second-order valence-electron chi connectivity index (χ2n) is 6.14. The van der Waals surface area contributed by atoms with Gasteiger partial charge in [-0.05, 0) is 31.7 Å². The Balaban J connectivity index is 2.34. The lowest BCUT2D eigenvalue weighted by Crippen LogP contribution is -2.44. The molecule has 1 unspecified atom stereocenters. The molecule has 1 atom stereocenters. The number of aliphatic hydroxyl groups is 1. The van der Waals surface area contributed by atoms with Crippen LogP contribution in [0.25, 0.3) is 0 Å². The van der Waals surface area contributed by atoms with Crippen molar-refractivity contribution in [1.82, 2.24) is 10.2 Å². The van der Waals surface area contributed by atoms with Crippen molar-refractivity contribution in [2.75, 3.05) is 26.2 Å². The molecule has 2 N–H and O–H groups in total. The van der Waals surface area contributed by atoms with Crippen LogP contribution in [0.3, 0.4) is 0 Å². The summed E-state index contributed by atoms with van der Waals surface area (Å²) in [6.45, 7) is 10.4. The summed E-state index contributed by atoms with van der Waals surface area (Å²) in [5.41, 5.74) is 0. The van der Waals surface area contributed by atoms with Crippen molar-refractivity contribution in [3.8, 4) is 0 Å². The molecule has 0 aromatic carbocycles. The van der Waals surface area contributed by atoms with Crippen LogP contribution >= 0.6 is 0 Å². The zero-order chi connectivity index (χ0) is 13.4. The second kappa shape index (κ2) is 8.89. The Kier molecular flexibility index (Phi) is 7.87. The van der Waals surface area contributed by atoms with Gasteiger partial charge in [-0.1, -0.05) is 33.6 Å². The van der Waals surface area contributed by atoms with E-state index in [1.807, 2.05) is 0 Å². The smallest absolute Gasteiger partial charge is 0.0791 e. The maximum atomic E-state index is 10.1. The first kappa shape index (κ1) is 15.9. The first-order chi connectivity index (χ1) is 8.63. The minimum Gasteiger partial charge on any atom is -0.390 e. The molecule has 1 aliphatic rings. The van der Waals surface area contributed by atoms with Gasteiger partial charge in [-0.3, -0.25) is 4.90 Å². The highest BCUT2D eigenvalue weighted by molar-refractivity contribution is 4.80. The molecule has 0 aliphatic heterocycles. The molecule has 0 saturated heterocycles. The van der Waals surface area contributed by atoms with E-state index in [9.17, 15) is 5.11 Å². The predicted molar refractivity (Wildman–Crippen MR) is 77.8 cm³/mol. The molecule has 0 aromatic heterocycles. The van der Waals surface area contributed by atoms with Crippen LogP contribution in [0.5, 0.6) is 0 Å². The molecule has 1 rings (SSSR count). The minimum atomic E-state index is -0.226. The maximum absolute atomic E-state index is 10.1. The van der Waals surface area contributed by atoms with Crippen molar-refractivity contribution in [3.63, 3.8) is 0 Å². The molecule has 0 amide bonds. The van der Waals surface area contributed by atoms with Gasteiger partial charge in [0, 0.05) is 25.7 Å². The number of hydrogen-bond acceptors (Lipinski definition) is 3. The van der Waals surface area contributed by atoms with Crippen LogP contribution < -0.4 is 5.32 Å². The average molecular weight is 256 g/mol. The van der Waals surface area contributed by atoms with Gasteiger partial charge in [-0.2, -0.15) is 0 Å². The van der Waals surface area contributed by atoms with Crippen molar-refractivity contribution >= 4 is 0 Å². The fraction of sp³-hybridized carbons (Fsp3) is 1.00. The van der Waals surface area contributed by atoms with Crippen LogP contribution in [0.4, 0.5) is 0 Å². The van der Waals surface area contributed by atoms with Gasteiger partial charge in [0.1, 0.15) is 0 Å². The lowest BCUT2D eigenvalue weighted by atomic mass is 10.1. The van der Waals surface area contributed by atoms with E-state index in [4.69, 9.17) is 0 Å². The Hall–Kier alpha value is -0.120. The number of nitrogens with zero attached hydrogens (tertiary/aromatic N) is 1. The summed E-state index contributed by atoms with van der Waals surface area (Å²) in [4.78, 5) is 2.52. The van der Waals surface area contributed by atoms with Gasteiger partial charge in [0.2, 0.25) is 0 Å².